The number of rotatable bonds is 8. The number of hydrogen-bond acceptors (Lipinski definition) is 3. The zero-order chi connectivity index (χ0) is 21.6. The maximum absolute atomic E-state index is 12.5. The van der Waals surface area contributed by atoms with Crippen LogP contribution in [-0.2, 0) is 13.0 Å². The molecule has 158 valence electrons. The Morgan fingerprint density at radius 3 is 2.58 bits per heavy atom. The van der Waals surface area contributed by atoms with Crippen LogP contribution in [0.3, 0.4) is 0 Å². The number of ether oxygens (including phenoxy) is 1. The van der Waals surface area contributed by atoms with Gasteiger partial charge in [0.2, 0.25) is 0 Å². The molecule has 4 aromatic rings. The molecule has 0 saturated carbocycles. The van der Waals surface area contributed by atoms with Crippen LogP contribution in [0.25, 0.3) is 11.0 Å². The highest BCUT2D eigenvalue weighted by atomic mass is 79.9. The number of nitrogens with zero attached hydrogens (tertiary/aromatic N) is 2. The summed E-state index contributed by atoms with van der Waals surface area (Å²) >= 11 is 3.50. The molecule has 1 heterocycles. The van der Waals surface area contributed by atoms with E-state index in [0.717, 1.165) is 40.7 Å². The van der Waals surface area contributed by atoms with Crippen LogP contribution in [0, 0.1) is 0 Å². The number of nitrogens with one attached hydrogen (secondary N) is 1. The summed E-state index contributed by atoms with van der Waals surface area (Å²) in [7, 11) is 1.57. The maximum Gasteiger partial charge on any atom is 0.255 e. The third-order valence-corrected chi connectivity index (χ3v) is 5.73. The van der Waals surface area contributed by atoms with Gasteiger partial charge in [0.25, 0.3) is 5.91 Å². The van der Waals surface area contributed by atoms with Gasteiger partial charge in [-0.15, -0.1) is 0 Å². The Bertz CT molecular complexity index is 1190. The van der Waals surface area contributed by atoms with Gasteiger partial charge in [0, 0.05) is 24.0 Å². The quantitative estimate of drug-likeness (QED) is 0.354. The summed E-state index contributed by atoms with van der Waals surface area (Å²) in [5.41, 5.74) is 3.88. The molecular weight excluding hydrogens is 454 g/mol. The fraction of sp³-hybridized carbons (Fsp3) is 0.200. The zero-order valence-corrected chi connectivity index (χ0v) is 18.9. The van der Waals surface area contributed by atoms with Crippen LogP contribution in [0.2, 0.25) is 0 Å². The van der Waals surface area contributed by atoms with Gasteiger partial charge in [0.15, 0.2) is 0 Å². The summed E-state index contributed by atoms with van der Waals surface area (Å²) in [6.07, 6.45) is 1.57. The lowest BCUT2D eigenvalue weighted by Gasteiger charge is -2.11. The van der Waals surface area contributed by atoms with E-state index in [1.807, 2.05) is 30.3 Å². The minimum atomic E-state index is -0.124. The molecule has 0 aliphatic rings. The molecule has 1 amide bonds. The molecule has 0 radical (unpaired) electrons. The molecule has 0 unspecified atom stereocenters. The lowest BCUT2D eigenvalue weighted by atomic mass is 10.2. The number of carbonyl (C=O) groups excluding carboxylic acids is 1. The first-order valence-corrected chi connectivity index (χ1v) is 11.0. The summed E-state index contributed by atoms with van der Waals surface area (Å²) in [5.74, 6) is 1.48. The molecule has 3 aromatic carbocycles. The van der Waals surface area contributed by atoms with Gasteiger partial charge in [-0.05, 0) is 48.4 Å². The number of imidazole rings is 1. The minimum Gasteiger partial charge on any atom is -0.496 e. The largest absolute Gasteiger partial charge is 0.496 e. The number of aromatic nitrogens is 2. The lowest BCUT2D eigenvalue weighted by molar-refractivity contribution is 0.0950. The van der Waals surface area contributed by atoms with Crippen LogP contribution in [-0.4, -0.2) is 29.1 Å². The third kappa shape index (κ3) is 4.97. The number of halogens is 1. The molecule has 6 heteroatoms. The van der Waals surface area contributed by atoms with E-state index in [9.17, 15) is 4.79 Å². The van der Waals surface area contributed by atoms with E-state index in [-0.39, 0.29) is 5.91 Å². The maximum atomic E-state index is 12.5. The molecule has 31 heavy (non-hydrogen) atoms. The first kappa shape index (κ1) is 21.1. The fourth-order valence-corrected chi connectivity index (χ4v) is 3.91. The standard InChI is InChI=1S/C25H24BrN3O2/c1-31-23-10-5-2-7-20(23)25(30)27-16-6-11-24-28-21-8-3-4-9-22(21)29(24)17-18-12-14-19(26)15-13-18/h2-5,7-10,12-15H,6,11,16-17H2,1H3,(H,27,30). The Morgan fingerprint density at radius 2 is 1.77 bits per heavy atom. The zero-order valence-electron chi connectivity index (χ0n) is 17.3. The highest BCUT2D eigenvalue weighted by molar-refractivity contribution is 9.10. The van der Waals surface area contributed by atoms with Crippen LogP contribution in [0.5, 0.6) is 5.75 Å². The second kappa shape index (κ2) is 9.79. The Hall–Kier alpha value is -3.12. The molecule has 0 aliphatic carbocycles. The van der Waals surface area contributed by atoms with Crippen molar-refractivity contribution < 1.29 is 9.53 Å². The number of hydrogen-bond donors (Lipinski definition) is 1. The predicted octanol–water partition coefficient (Wildman–Crippen LogP) is 5.22. The third-order valence-electron chi connectivity index (χ3n) is 5.20. The Morgan fingerprint density at radius 1 is 1.03 bits per heavy atom. The molecule has 0 fully saturated rings. The molecule has 0 saturated heterocycles. The van der Waals surface area contributed by atoms with Gasteiger partial charge in [0.1, 0.15) is 11.6 Å². The first-order chi connectivity index (χ1) is 15.2. The van der Waals surface area contributed by atoms with Crippen molar-refractivity contribution in [3.8, 4) is 5.75 Å². The Kier molecular flexibility index (Phi) is 6.67. The van der Waals surface area contributed by atoms with Gasteiger partial charge in [-0.1, -0.05) is 52.3 Å². The van der Waals surface area contributed by atoms with Crippen molar-refractivity contribution in [3.63, 3.8) is 0 Å². The van der Waals surface area contributed by atoms with E-state index in [4.69, 9.17) is 9.72 Å². The van der Waals surface area contributed by atoms with E-state index in [1.165, 1.54) is 5.56 Å². The Labute approximate surface area is 190 Å². The SMILES string of the molecule is COc1ccccc1C(=O)NCCCc1nc2ccccc2n1Cc1ccc(Br)cc1. The number of methoxy groups -OCH3 is 1. The van der Waals surface area contributed by atoms with E-state index < -0.39 is 0 Å². The topological polar surface area (TPSA) is 56.1 Å². The molecule has 0 bridgehead atoms. The average molecular weight is 478 g/mol. The average Bonchev–Trinajstić information content (AvgIpc) is 3.15. The van der Waals surface area contributed by atoms with Crippen LogP contribution < -0.4 is 10.1 Å². The molecule has 1 aromatic heterocycles. The van der Waals surface area contributed by atoms with Gasteiger partial charge >= 0.3 is 0 Å². The lowest BCUT2D eigenvalue weighted by Crippen LogP contribution is -2.25. The number of amides is 1. The number of aryl methyl sites for hydroxylation is 1. The molecule has 4 rings (SSSR count). The second-order valence-electron chi connectivity index (χ2n) is 7.29. The summed E-state index contributed by atoms with van der Waals surface area (Å²) in [5, 5.41) is 2.99. The van der Waals surface area contributed by atoms with Crippen molar-refractivity contribution in [3.05, 3.63) is 94.2 Å². The summed E-state index contributed by atoms with van der Waals surface area (Å²) < 4.78 is 8.61. The van der Waals surface area contributed by atoms with Gasteiger partial charge in [-0.3, -0.25) is 4.79 Å². The smallest absolute Gasteiger partial charge is 0.255 e. The minimum absolute atomic E-state index is 0.124. The van der Waals surface area contributed by atoms with Gasteiger partial charge < -0.3 is 14.6 Å². The summed E-state index contributed by atoms with van der Waals surface area (Å²) in [6, 6.07) is 23.8. The van der Waals surface area contributed by atoms with E-state index in [1.54, 1.807) is 19.2 Å². The monoisotopic (exact) mass is 477 g/mol. The van der Waals surface area contributed by atoms with Gasteiger partial charge in [0.05, 0.1) is 23.7 Å². The highest BCUT2D eigenvalue weighted by Gasteiger charge is 2.13. The summed E-state index contributed by atoms with van der Waals surface area (Å²) in [6.45, 7) is 1.33. The van der Waals surface area contributed by atoms with E-state index in [2.05, 4.69) is 56.1 Å². The van der Waals surface area contributed by atoms with Crippen LogP contribution in [0.1, 0.15) is 28.2 Å². The van der Waals surface area contributed by atoms with Crippen molar-refractivity contribution in [1.29, 1.82) is 0 Å². The van der Waals surface area contributed by atoms with Crippen LogP contribution >= 0.6 is 15.9 Å². The first-order valence-electron chi connectivity index (χ1n) is 10.3. The van der Waals surface area contributed by atoms with Crippen molar-refractivity contribution >= 4 is 32.9 Å². The van der Waals surface area contributed by atoms with Crippen molar-refractivity contribution in [1.82, 2.24) is 14.9 Å². The Balaban J connectivity index is 1.44. The van der Waals surface area contributed by atoms with Crippen molar-refractivity contribution in [2.24, 2.45) is 0 Å². The van der Waals surface area contributed by atoms with Crippen molar-refractivity contribution in [2.45, 2.75) is 19.4 Å². The number of fused-ring (bicyclic) bond motifs is 1. The van der Waals surface area contributed by atoms with Crippen molar-refractivity contribution in [2.75, 3.05) is 13.7 Å². The fourth-order valence-electron chi connectivity index (χ4n) is 3.64. The summed E-state index contributed by atoms with van der Waals surface area (Å²) in [4.78, 5) is 17.3. The van der Waals surface area contributed by atoms with Crippen LogP contribution in [0.4, 0.5) is 0 Å². The molecule has 0 aliphatic heterocycles. The molecular formula is C25H24BrN3O2. The molecule has 1 N–H and O–H groups in total. The number of para-hydroxylation sites is 3. The predicted molar refractivity (Wildman–Crippen MR) is 127 cm³/mol. The second-order valence-corrected chi connectivity index (χ2v) is 8.20. The molecule has 0 spiro atoms. The number of benzene rings is 3. The van der Waals surface area contributed by atoms with E-state index >= 15 is 0 Å². The van der Waals surface area contributed by atoms with Gasteiger partial charge in [-0.25, -0.2) is 4.98 Å². The molecule has 5 nitrogen and oxygen atoms in total. The molecule has 0 atom stereocenters. The normalized spacial score (nSPS) is 10.9. The van der Waals surface area contributed by atoms with Crippen LogP contribution in [0.15, 0.2) is 77.3 Å². The number of carbonyl (C=O) groups is 1. The highest BCUT2D eigenvalue weighted by Crippen LogP contribution is 2.20. The van der Waals surface area contributed by atoms with Gasteiger partial charge in [-0.2, -0.15) is 0 Å². The van der Waals surface area contributed by atoms with E-state index in [0.29, 0.717) is 17.9 Å².